The molecule has 0 bridgehead atoms. The van der Waals surface area contributed by atoms with Crippen LogP contribution >= 0.6 is 23.2 Å². The third kappa shape index (κ3) is 4.87. The fraction of sp³-hybridized carbons (Fsp3) is 0.273. The quantitative estimate of drug-likeness (QED) is 0.616. The summed E-state index contributed by atoms with van der Waals surface area (Å²) in [5.41, 5.74) is 2.52. The van der Waals surface area contributed by atoms with Gasteiger partial charge in [0.15, 0.2) is 5.69 Å². The van der Waals surface area contributed by atoms with E-state index in [4.69, 9.17) is 23.2 Å². The highest BCUT2D eigenvalue weighted by molar-refractivity contribution is 6.31. The molecule has 1 N–H and O–H groups in total. The van der Waals surface area contributed by atoms with Crippen LogP contribution in [0.5, 0.6) is 0 Å². The highest BCUT2D eigenvalue weighted by atomic mass is 35.5. The number of anilines is 1. The van der Waals surface area contributed by atoms with Gasteiger partial charge in [0, 0.05) is 41.9 Å². The normalized spacial score (nSPS) is 13.8. The smallest absolute Gasteiger partial charge is 0.274 e. The Bertz CT molecular complexity index is 1120. The van der Waals surface area contributed by atoms with Crippen molar-refractivity contribution in [2.24, 2.45) is 0 Å². The molecule has 0 saturated carbocycles. The van der Waals surface area contributed by atoms with Gasteiger partial charge >= 0.3 is 0 Å². The Morgan fingerprint density at radius 1 is 0.969 bits per heavy atom. The summed E-state index contributed by atoms with van der Waals surface area (Å²) in [7, 11) is 0. The Balaban J connectivity index is 1.31. The van der Waals surface area contributed by atoms with E-state index in [0.29, 0.717) is 47.6 Å². The lowest BCUT2D eigenvalue weighted by atomic mass is 10.2. The van der Waals surface area contributed by atoms with Crippen molar-refractivity contribution in [1.82, 2.24) is 25.2 Å². The maximum atomic E-state index is 12.6. The molecule has 1 saturated heterocycles. The van der Waals surface area contributed by atoms with Gasteiger partial charge in [-0.05, 0) is 49.4 Å². The van der Waals surface area contributed by atoms with Gasteiger partial charge in [0.25, 0.3) is 5.91 Å². The molecule has 0 unspecified atom stereocenters. The average molecular weight is 473 g/mol. The van der Waals surface area contributed by atoms with Crippen molar-refractivity contribution in [3.63, 3.8) is 0 Å². The molecule has 1 aliphatic heterocycles. The Morgan fingerprint density at radius 3 is 2.38 bits per heavy atom. The number of hydrogen-bond acceptors (Lipinski definition) is 5. The number of hydrogen-bond donors (Lipinski definition) is 1. The zero-order valence-electron chi connectivity index (χ0n) is 17.5. The van der Waals surface area contributed by atoms with Crippen molar-refractivity contribution in [2.45, 2.75) is 6.92 Å². The van der Waals surface area contributed by atoms with Crippen LogP contribution < -0.4 is 10.2 Å². The molecule has 2 amide bonds. The third-order valence-corrected chi connectivity index (χ3v) is 5.87. The van der Waals surface area contributed by atoms with Crippen molar-refractivity contribution in [3.05, 3.63) is 70.0 Å². The highest BCUT2D eigenvalue weighted by Crippen LogP contribution is 2.20. The van der Waals surface area contributed by atoms with Gasteiger partial charge in [-0.15, -0.1) is 5.10 Å². The Labute approximate surface area is 195 Å². The van der Waals surface area contributed by atoms with Gasteiger partial charge in [0.2, 0.25) is 5.91 Å². The molecule has 166 valence electrons. The van der Waals surface area contributed by atoms with E-state index in [9.17, 15) is 9.59 Å². The summed E-state index contributed by atoms with van der Waals surface area (Å²) in [5.74, 6) is -0.571. The fourth-order valence-electron chi connectivity index (χ4n) is 3.61. The first-order chi connectivity index (χ1) is 15.4. The first-order valence-corrected chi connectivity index (χ1v) is 10.9. The van der Waals surface area contributed by atoms with Crippen molar-refractivity contribution in [2.75, 3.05) is 37.6 Å². The van der Waals surface area contributed by atoms with E-state index in [1.165, 1.54) is 0 Å². The number of carbonyl (C=O) groups excluding carboxylic acids is 2. The second kappa shape index (κ2) is 9.58. The van der Waals surface area contributed by atoms with E-state index in [1.807, 2.05) is 30.3 Å². The summed E-state index contributed by atoms with van der Waals surface area (Å²) >= 11 is 12.0. The summed E-state index contributed by atoms with van der Waals surface area (Å²) in [5, 5.41) is 11.9. The number of piperazine rings is 1. The first-order valence-electron chi connectivity index (χ1n) is 10.2. The topological polar surface area (TPSA) is 83.4 Å². The van der Waals surface area contributed by atoms with Crippen molar-refractivity contribution >= 4 is 40.7 Å². The summed E-state index contributed by atoms with van der Waals surface area (Å²) in [6, 6.07) is 14.8. The van der Waals surface area contributed by atoms with Gasteiger partial charge in [0.05, 0.1) is 17.9 Å². The molecular formula is C22H22Cl2N6O2. The van der Waals surface area contributed by atoms with E-state index in [0.717, 1.165) is 5.69 Å². The van der Waals surface area contributed by atoms with Crippen molar-refractivity contribution < 1.29 is 9.59 Å². The molecule has 1 aromatic heterocycles. The summed E-state index contributed by atoms with van der Waals surface area (Å²) in [6.45, 7) is 4.25. The molecule has 4 rings (SSSR count). The van der Waals surface area contributed by atoms with Crippen molar-refractivity contribution in [3.8, 4) is 5.69 Å². The van der Waals surface area contributed by atoms with Crippen LogP contribution in [-0.2, 0) is 4.79 Å². The fourth-order valence-corrected chi connectivity index (χ4v) is 3.92. The average Bonchev–Trinajstić information content (AvgIpc) is 3.19. The highest BCUT2D eigenvalue weighted by Gasteiger charge is 2.23. The van der Waals surface area contributed by atoms with Crippen LogP contribution in [0.1, 0.15) is 16.2 Å². The molecule has 2 aromatic carbocycles. The second-order valence-corrected chi connectivity index (χ2v) is 8.31. The van der Waals surface area contributed by atoms with Crippen LogP contribution in [0.3, 0.4) is 0 Å². The predicted octanol–water partition coefficient (Wildman–Crippen LogP) is 2.96. The number of rotatable bonds is 5. The lowest BCUT2D eigenvalue weighted by molar-refractivity contribution is -0.130. The number of carbonyl (C=O) groups is 2. The number of nitrogens with zero attached hydrogens (tertiary/aromatic N) is 5. The van der Waals surface area contributed by atoms with E-state index >= 15 is 0 Å². The molecule has 32 heavy (non-hydrogen) atoms. The molecular weight excluding hydrogens is 451 g/mol. The van der Waals surface area contributed by atoms with Gasteiger partial charge < -0.3 is 15.1 Å². The van der Waals surface area contributed by atoms with Gasteiger partial charge in [-0.25, -0.2) is 4.68 Å². The summed E-state index contributed by atoms with van der Waals surface area (Å²) in [4.78, 5) is 29.1. The van der Waals surface area contributed by atoms with Gasteiger partial charge in [-0.3, -0.25) is 9.59 Å². The number of aromatic nitrogens is 3. The zero-order valence-corrected chi connectivity index (χ0v) is 19.0. The van der Waals surface area contributed by atoms with Crippen LogP contribution in [0, 0.1) is 6.92 Å². The van der Waals surface area contributed by atoms with E-state index in [-0.39, 0.29) is 18.1 Å². The zero-order chi connectivity index (χ0) is 22.7. The minimum Gasteiger partial charge on any atom is -0.368 e. The SMILES string of the molecule is Cc1c(C(=O)NCC(=O)N2CCN(c3ccc(Cl)cc3)CC2)nnn1-c1cccc(Cl)c1. The van der Waals surface area contributed by atoms with Crippen LogP contribution in [-0.4, -0.2) is 64.4 Å². The maximum Gasteiger partial charge on any atom is 0.274 e. The molecule has 1 aliphatic rings. The predicted molar refractivity (Wildman–Crippen MR) is 124 cm³/mol. The molecule has 1 fully saturated rings. The van der Waals surface area contributed by atoms with Crippen LogP contribution in [0.4, 0.5) is 5.69 Å². The monoisotopic (exact) mass is 472 g/mol. The molecule has 2 heterocycles. The van der Waals surface area contributed by atoms with Crippen LogP contribution in [0.15, 0.2) is 48.5 Å². The number of halogens is 2. The molecule has 0 atom stereocenters. The minimum atomic E-state index is -0.441. The molecule has 0 aliphatic carbocycles. The standard InChI is InChI=1S/C22H22Cl2N6O2/c1-15-21(26-27-30(15)19-4-2-3-17(24)13-19)22(32)25-14-20(31)29-11-9-28(10-12-29)18-7-5-16(23)6-8-18/h2-8,13H,9-12,14H2,1H3,(H,25,32). The Hall–Kier alpha value is -3.10. The largest absolute Gasteiger partial charge is 0.368 e. The number of benzene rings is 2. The lowest BCUT2D eigenvalue weighted by Gasteiger charge is -2.36. The van der Waals surface area contributed by atoms with Crippen LogP contribution in [0.2, 0.25) is 10.0 Å². The number of nitrogens with one attached hydrogen (secondary N) is 1. The first kappa shape index (κ1) is 22.1. The molecule has 0 radical (unpaired) electrons. The minimum absolute atomic E-state index is 0.0940. The molecule has 3 aromatic rings. The van der Waals surface area contributed by atoms with E-state index in [2.05, 4.69) is 20.5 Å². The number of amides is 2. The summed E-state index contributed by atoms with van der Waals surface area (Å²) in [6.07, 6.45) is 0. The van der Waals surface area contributed by atoms with Gasteiger partial charge in [-0.2, -0.15) is 0 Å². The van der Waals surface area contributed by atoms with E-state index in [1.54, 1.807) is 34.7 Å². The van der Waals surface area contributed by atoms with Gasteiger partial charge in [-0.1, -0.05) is 34.5 Å². The maximum absolute atomic E-state index is 12.6. The molecule has 0 spiro atoms. The van der Waals surface area contributed by atoms with Crippen molar-refractivity contribution in [1.29, 1.82) is 0 Å². The van der Waals surface area contributed by atoms with E-state index < -0.39 is 5.91 Å². The molecule has 8 nitrogen and oxygen atoms in total. The Morgan fingerprint density at radius 2 is 1.69 bits per heavy atom. The Kier molecular flexibility index (Phi) is 6.62. The van der Waals surface area contributed by atoms with Crippen LogP contribution in [0.25, 0.3) is 5.69 Å². The third-order valence-electron chi connectivity index (χ3n) is 5.39. The second-order valence-electron chi connectivity index (χ2n) is 7.44. The lowest BCUT2D eigenvalue weighted by Crippen LogP contribution is -2.51. The summed E-state index contributed by atoms with van der Waals surface area (Å²) < 4.78 is 1.54. The molecule has 10 heteroatoms. The van der Waals surface area contributed by atoms with Gasteiger partial charge in [0.1, 0.15) is 0 Å².